The zero-order chi connectivity index (χ0) is 15.2. The van der Waals surface area contributed by atoms with Gasteiger partial charge >= 0.3 is 0 Å². The third-order valence-corrected chi connectivity index (χ3v) is 2.76. The first-order chi connectivity index (χ1) is 10.1. The lowest BCUT2D eigenvalue weighted by molar-refractivity contribution is 0.0846. The van der Waals surface area contributed by atoms with E-state index in [1.54, 1.807) is 30.3 Å². The van der Waals surface area contributed by atoms with Gasteiger partial charge in [-0.2, -0.15) is 0 Å². The fourth-order valence-electron chi connectivity index (χ4n) is 1.63. The van der Waals surface area contributed by atoms with Gasteiger partial charge in [0.2, 0.25) is 5.91 Å². The molecule has 0 aliphatic heterocycles. The molecule has 2 aromatic rings. The number of rotatable bonds is 3. The molecule has 0 heterocycles. The summed E-state index contributed by atoms with van der Waals surface area (Å²) in [5.74, 6) is -1.48. The van der Waals surface area contributed by atoms with Gasteiger partial charge in [-0.15, -0.1) is 0 Å². The number of amides is 3. The summed E-state index contributed by atoms with van der Waals surface area (Å²) in [6.45, 7) is 0. The summed E-state index contributed by atoms with van der Waals surface area (Å²) in [5, 5.41) is 0. The molecule has 0 aliphatic carbocycles. The van der Waals surface area contributed by atoms with Gasteiger partial charge in [-0.3, -0.25) is 25.2 Å². The first kappa shape index (κ1) is 14.3. The number of hydrogen-bond acceptors (Lipinski definition) is 3. The highest BCUT2D eigenvalue weighted by Gasteiger charge is 2.09. The van der Waals surface area contributed by atoms with Gasteiger partial charge in [0, 0.05) is 16.7 Å². The van der Waals surface area contributed by atoms with Crippen molar-refractivity contribution in [3.05, 3.63) is 71.3 Å². The average molecular weight is 283 g/mol. The second kappa shape index (κ2) is 6.33. The topological polar surface area (TPSA) is 101 Å². The normalized spacial score (nSPS) is 9.71. The molecule has 21 heavy (non-hydrogen) atoms. The van der Waals surface area contributed by atoms with Crippen LogP contribution in [0.15, 0.2) is 54.6 Å². The van der Waals surface area contributed by atoms with E-state index in [0.29, 0.717) is 16.7 Å². The van der Waals surface area contributed by atoms with Crippen LogP contribution < -0.4 is 16.6 Å². The molecule has 2 aromatic carbocycles. The molecule has 0 saturated carbocycles. The van der Waals surface area contributed by atoms with Crippen molar-refractivity contribution in [3.63, 3.8) is 0 Å². The van der Waals surface area contributed by atoms with E-state index < -0.39 is 17.7 Å². The Labute approximate surface area is 120 Å². The monoisotopic (exact) mass is 283 g/mol. The summed E-state index contributed by atoms with van der Waals surface area (Å²) in [6, 6.07) is 14.3. The summed E-state index contributed by atoms with van der Waals surface area (Å²) in [5.41, 5.74) is 10.7. The Morgan fingerprint density at radius 3 is 1.57 bits per heavy atom. The largest absolute Gasteiger partial charge is 0.366 e. The Bertz CT molecular complexity index is 666. The van der Waals surface area contributed by atoms with Crippen molar-refractivity contribution in [2.24, 2.45) is 5.73 Å². The number of primary amides is 1. The first-order valence-electron chi connectivity index (χ1n) is 6.13. The van der Waals surface area contributed by atoms with E-state index in [-0.39, 0.29) is 0 Å². The van der Waals surface area contributed by atoms with E-state index in [2.05, 4.69) is 10.9 Å². The lowest BCUT2D eigenvalue weighted by Crippen LogP contribution is -2.41. The highest BCUT2D eigenvalue weighted by Crippen LogP contribution is 2.03. The predicted molar refractivity (Wildman–Crippen MR) is 76.3 cm³/mol. The van der Waals surface area contributed by atoms with E-state index in [1.807, 2.05) is 0 Å². The SMILES string of the molecule is NC(=O)c1ccc(C(=O)NNC(=O)c2ccccc2)cc1. The third-order valence-electron chi connectivity index (χ3n) is 2.76. The van der Waals surface area contributed by atoms with E-state index >= 15 is 0 Å². The van der Waals surface area contributed by atoms with Crippen molar-refractivity contribution >= 4 is 17.7 Å². The molecule has 0 unspecified atom stereocenters. The van der Waals surface area contributed by atoms with Gasteiger partial charge in [0.05, 0.1) is 0 Å². The van der Waals surface area contributed by atoms with Crippen LogP contribution in [0.1, 0.15) is 31.1 Å². The van der Waals surface area contributed by atoms with Crippen molar-refractivity contribution in [2.45, 2.75) is 0 Å². The second-order valence-corrected chi connectivity index (χ2v) is 4.22. The number of carbonyl (C=O) groups excluding carboxylic acids is 3. The van der Waals surface area contributed by atoms with Crippen LogP contribution in [0.2, 0.25) is 0 Å². The molecule has 0 radical (unpaired) electrons. The molecule has 106 valence electrons. The zero-order valence-electron chi connectivity index (χ0n) is 11.0. The standard InChI is InChI=1S/C15H13N3O3/c16-13(19)10-6-8-12(9-7-10)15(21)18-17-14(20)11-4-2-1-3-5-11/h1-9H,(H2,16,19)(H,17,20)(H,18,21). The Balaban J connectivity index is 1.96. The fourth-order valence-corrected chi connectivity index (χ4v) is 1.63. The van der Waals surface area contributed by atoms with Crippen LogP contribution in [0, 0.1) is 0 Å². The van der Waals surface area contributed by atoms with Crippen LogP contribution in [0.25, 0.3) is 0 Å². The quantitative estimate of drug-likeness (QED) is 0.728. The minimum Gasteiger partial charge on any atom is -0.366 e. The molecule has 0 spiro atoms. The number of hydrogen-bond donors (Lipinski definition) is 3. The van der Waals surface area contributed by atoms with Crippen LogP contribution in [0.5, 0.6) is 0 Å². The molecule has 6 nitrogen and oxygen atoms in total. The molecule has 3 amide bonds. The van der Waals surface area contributed by atoms with Crippen molar-refractivity contribution in [3.8, 4) is 0 Å². The molecular formula is C15H13N3O3. The van der Waals surface area contributed by atoms with Gasteiger partial charge in [0.1, 0.15) is 0 Å². The molecule has 0 atom stereocenters. The summed E-state index contributed by atoms with van der Waals surface area (Å²) in [4.78, 5) is 34.5. The highest BCUT2D eigenvalue weighted by atomic mass is 16.2. The summed E-state index contributed by atoms with van der Waals surface area (Å²) in [6.07, 6.45) is 0. The van der Waals surface area contributed by atoms with Gasteiger partial charge in [0.25, 0.3) is 11.8 Å². The van der Waals surface area contributed by atoms with E-state index in [1.165, 1.54) is 24.3 Å². The number of hydrazine groups is 1. The smallest absolute Gasteiger partial charge is 0.269 e. The van der Waals surface area contributed by atoms with Gasteiger partial charge < -0.3 is 5.73 Å². The van der Waals surface area contributed by atoms with Crippen LogP contribution >= 0.6 is 0 Å². The van der Waals surface area contributed by atoms with Gasteiger partial charge in [-0.25, -0.2) is 0 Å². The van der Waals surface area contributed by atoms with Crippen LogP contribution in [-0.4, -0.2) is 17.7 Å². The number of benzene rings is 2. The molecule has 4 N–H and O–H groups in total. The molecular weight excluding hydrogens is 270 g/mol. The Morgan fingerprint density at radius 1 is 0.667 bits per heavy atom. The Kier molecular flexibility index (Phi) is 4.30. The van der Waals surface area contributed by atoms with Crippen molar-refractivity contribution in [1.82, 2.24) is 10.9 Å². The van der Waals surface area contributed by atoms with Crippen LogP contribution in [0.4, 0.5) is 0 Å². The lowest BCUT2D eigenvalue weighted by atomic mass is 10.1. The predicted octanol–water partition coefficient (Wildman–Crippen LogP) is 0.860. The second-order valence-electron chi connectivity index (χ2n) is 4.22. The first-order valence-corrected chi connectivity index (χ1v) is 6.13. The van der Waals surface area contributed by atoms with Crippen LogP contribution in [0.3, 0.4) is 0 Å². The third kappa shape index (κ3) is 3.66. The average Bonchev–Trinajstić information content (AvgIpc) is 2.53. The van der Waals surface area contributed by atoms with Crippen molar-refractivity contribution in [1.29, 1.82) is 0 Å². The van der Waals surface area contributed by atoms with E-state index in [9.17, 15) is 14.4 Å². The summed E-state index contributed by atoms with van der Waals surface area (Å²) >= 11 is 0. The van der Waals surface area contributed by atoms with Gasteiger partial charge in [-0.1, -0.05) is 18.2 Å². The molecule has 0 aromatic heterocycles. The molecule has 6 heteroatoms. The Morgan fingerprint density at radius 2 is 1.10 bits per heavy atom. The van der Waals surface area contributed by atoms with Crippen molar-refractivity contribution < 1.29 is 14.4 Å². The van der Waals surface area contributed by atoms with Gasteiger partial charge in [-0.05, 0) is 36.4 Å². The lowest BCUT2D eigenvalue weighted by Gasteiger charge is -2.07. The highest BCUT2D eigenvalue weighted by molar-refractivity contribution is 6.00. The van der Waals surface area contributed by atoms with E-state index in [4.69, 9.17) is 5.73 Å². The van der Waals surface area contributed by atoms with Gasteiger partial charge in [0.15, 0.2) is 0 Å². The Hall–Kier alpha value is -3.15. The summed E-state index contributed by atoms with van der Waals surface area (Å²) in [7, 11) is 0. The number of nitrogens with one attached hydrogen (secondary N) is 2. The molecule has 0 saturated heterocycles. The summed E-state index contributed by atoms with van der Waals surface area (Å²) < 4.78 is 0. The number of nitrogens with two attached hydrogens (primary N) is 1. The molecule has 0 aliphatic rings. The minimum atomic E-state index is -0.570. The van der Waals surface area contributed by atoms with Crippen LogP contribution in [-0.2, 0) is 0 Å². The van der Waals surface area contributed by atoms with E-state index in [0.717, 1.165) is 0 Å². The van der Waals surface area contributed by atoms with Crippen molar-refractivity contribution in [2.75, 3.05) is 0 Å². The maximum Gasteiger partial charge on any atom is 0.269 e. The fraction of sp³-hybridized carbons (Fsp3) is 0. The minimum absolute atomic E-state index is 0.299. The maximum atomic E-state index is 11.8. The molecule has 0 fully saturated rings. The maximum absolute atomic E-state index is 11.8. The zero-order valence-corrected chi connectivity index (χ0v) is 11.0. The molecule has 2 rings (SSSR count). The molecule has 0 bridgehead atoms. The number of carbonyl (C=O) groups is 3.